The van der Waals surface area contributed by atoms with E-state index in [-0.39, 0.29) is 48.9 Å². The first-order valence-corrected chi connectivity index (χ1v) is 8.90. The summed E-state index contributed by atoms with van der Waals surface area (Å²) in [5.41, 5.74) is 8.97. The molecule has 1 aliphatic heterocycles. The number of carbonyl (C=O) groups excluding carboxylic acids is 1. The van der Waals surface area contributed by atoms with Crippen molar-refractivity contribution in [3.8, 4) is 0 Å². The van der Waals surface area contributed by atoms with E-state index in [9.17, 15) is 9.18 Å². The third-order valence-corrected chi connectivity index (χ3v) is 4.78. The van der Waals surface area contributed by atoms with E-state index in [2.05, 4.69) is 15.1 Å². The number of rotatable bonds is 5. The lowest BCUT2D eigenvalue weighted by molar-refractivity contribution is 0.0947. The van der Waals surface area contributed by atoms with Gasteiger partial charge in [-0.2, -0.15) is 0 Å². The first kappa shape index (κ1) is 27.3. The van der Waals surface area contributed by atoms with Crippen LogP contribution in [0.15, 0.2) is 42.5 Å². The van der Waals surface area contributed by atoms with Gasteiger partial charge in [0.25, 0.3) is 5.91 Å². The fraction of sp³-hybridized carbons (Fsp3) is 0.350. The average Bonchev–Trinajstić information content (AvgIpc) is 2.65. The summed E-state index contributed by atoms with van der Waals surface area (Å²) in [6.45, 7) is 6.95. The summed E-state index contributed by atoms with van der Waals surface area (Å²) in [7, 11) is 0. The van der Waals surface area contributed by atoms with E-state index in [0.717, 1.165) is 44.0 Å². The zero-order valence-corrected chi connectivity index (χ0v) is 18.7. The molecular formula is C20H28Cl3FN4O. The van der Waals surface area contributed by atoms with Crippen LogP contribution in [0.25, 0.3) is 0 Å². The zero-order valence-electron chi connectivity index (χ0n) is 16.3. The van der Waals surface area contributed by atoms with E-state index in [1.165, 1.54) is 12.1 Å². The summed E-state index contributed by atoms with van der Waals surface area (Å²) >= 11 is 0. The molecule has 0 radical (unpaired) electrons. The van der Waals surface area contributed by atoms with Crippen LogP contribution in [-0.4, -0.2) is 50.1 Å². The van der Waals surface area contributed by atoms with Crippen molar-refractivity contribution >= 4 is 54.5 Å². The predicted molar refractivity (Wildman–Crippen MR) is 125 cm³/mol. The van der Waals surface area contributed by atoms with Gasteiger partial charge >= 0.3 is 0 Å². The zero-order chi connectivity index (χ0) is 18.5. The number of halogens is 4. The number of benzene rings is 2. The third-order valence-electron chi connectivity index (χ3n) is 4.78. The molecule has 2 aromatic carbocycles. The van der Waals surface area contributed by atoms with Crippen LogP contribution in [-0.2, 0) is 0 Å². The van der Waals surface area contributed by atoms with Gasteiger partial charge in [-0.3, -0.25) is 9.69 Å². The molecule has 1 amide bonds. The minimum absolute atomic E-state index is 0. The van der Waals surface area contributed by atoms with Crippen molar-refractivity contribution in [1.82, 2.24) is 10.2 Å². The molecule has 0 unspecified atom stereocenters. The van der Waals surface area contributed by atoms with Crippen LogP contribution >= 0.6 is 37.2 Å². The van der Waals surface area contributed by atoms with Gasteiger partial charge in [-0.1, -0.05) is 6.07 Å². The Morgan fingerprint density at radius 2 is 1.66 bits per heavy atom. The van der Waals surface area contributed by atoms with Gasteiger partial charge in [0.05, 0.1) is 0 Å². The number of nitrogens with zero attached hydrogens (tertiary/aromatic N) is 2. The molecule has 1 aliphatic rings. The molecule has 1 fully saturated rings. The number of hydrogen-bond donors (Lipinski definition) is 2. The van der Waals surface area contributed by atoms with Crippen molar-refractivity contribution in [3.05, 3.63) is 59.4 Å². The molecule has 1 saturated heterocycles. The van der Waals surface area contributed by atoms with Crippen LogP contribution in [0.2, 0.25) is 0 Å². The van der Waals surface area contributed by atoms with Crippen LogP contribution < -0.4 is 16.0 Å². The van der Waals surface area contributed by atoms with Gasteiger partial charge in [0, 0.05) is 56.2 Å². The number of hydrogen-bond acceptors (Lipinski definition) is 4. The number of amides is 1. The van der Waals surface area contributed by atoms with E-state index in [1.807, 2.05) is 25.1 Å². The Labute approximate surface area is 190 Å². The second kappa shape index (κ2) is 12.8. The second-order valence-corrected chi connectivity index (χ2v) is 6.64. The Kier molecular flexibility index (Phi) is 12.0. The Hall–Kier alpha value is -1.73. The quantitative estimate of drug-likeness (QED) is 0.663. The molecule has 0 saturated carbocycles. The first-order valence-electron chi connectivity index (χ1n) is 8.90. The standard InChI is InChI=1S/C20H25FN4O.3ClH/c1-15-2-5-17(22)14-19(15)20(26)23-8-9-24-10-12-25(13-11-24)18-6-3-16(21)4-7-18;;;/h2-7,14H,8-13,22H2,1H3,(H,23,26);3*1H. The predicted octanol–water partition coefficient (Wildman–Crippen LogP) is 3.53. The van der Waals surface area contributed by atoms with E-state index in [4.69, 9.17) is 5.73 Å². The number of nitrogens with one attached hydrogen (secondary N) is 1. The lowest BCUT2D eigenvalue weighted by Crippen LogP contribution is -2.48. The second-order valence-electron chi connectivity index (χ2n) is 6.64. The molecule has 0 atom stereocenters. The van der Waals surface area contributed by atoms with Crippen molar-refractivity contribution in [2.24, 2.45) is 0 Å². The Balaban J connectivity index is 0.00000261. The topological polar surface area (TPSA) is 61.6 Å². The summed E-state index contributed by atoms with van der Waals surface area (Å²) in [5, 5.41) is 2.97. The smallest absolute Gasteiger partial charge is 0.251 e. The van der Waals surface area contributed by atoms with Crippen molar-refractivity contribution in [3.63, 3.8) is 0 Å². The number of aryl methyl sites for hydroxylation is 1. The summed E-state index contributed by atoms with van der Waals surface area (Å²) in [6.07, 6.45) is 0. The number of carbonyl (C=O) groups is 1. The van der Waals surface area contributed by atoms with E-state index < -0.39 is 0 Å². The minimum Gasteiger partial charge on any atom is -0.399 e. The highest BCUT2D eigenvalue weighted by Gasteiger charge is 2.17. The van der Waals surface area contributed by atoms with Crippen LogP contribution in [0, 0.1) is 12.7 Å². The lowest BCUT2D eigenvalue weighted by atomic mass is 10.1. The highest BCUT2D eigenvalue weighted by molar-refractivity contribution is 5.96. The fourth-order valence-electron chi connectivity index (χ4n) is 3.19. The highest BCUT2D eigenvalue weighted by Crippen LogP contribution is 2.17. The Morgan fingerprint density at radius 3 is 2.28 bits per heavy atom. The molecule has 9 heteroatoms. The normalized spacial score (nSPS) is 13.5. The molecule has 1 heterocycles. The first-order chi connectivity index (χ1) is 12.5. The minimum atomic E-state index is -0.210. The summed E-state index contributed by atoms with van der Waals surface area (Å²) in [4.78, 5) is 16.9. The van der Waals surface area contributed by atoms with Gasteiger partial charge in [-0.05, 0) is 48.9 Å². The molecule has 29 heavy (non-hydrogen) atoms. The van der Waals surface area contributed by atoms with Crippen molar-refractivity contribution < 1.29 is 9.18 Å². The molecule has 5 nitrogen and oxygen atoms in total. The maximum atomic E-state index is 13.0. The maximum Gasteiger partial charge on any atom is 0.251 e. The molecule has 0 aromatic heterocycles. The SMILES string of the molecule is Cc1ccc(N)cc1C(=O)NCCN1CCN(c2ccc(F)cc2)CC1.Cl.Cl.Cl. The highest BCUT2D eigenvalue weighted by atomic mass is 35.5. The molecule has 3 N–H and O–H groups in total. The van der Waals surface area contributed by atoms with Gasteiger partial charge in [0.1, 0.15) is 5.82 Å². The molecule has 0 bridgehead atoms. The molecule has 162 valence electrons. The van der Waals surface area contributed by atoms with E-state index in [1.54, 1.807) is 12.1 Å². The van der Waals surface area contributed by atoms with Gasteiger partial charge in [0.2, 0.25) is 0 Å². The van der Waals surface area contributed by atoms with Crippen LogP contribution in [0.5, 0.6) is 0 Å². The largest absolute Gasteiger partial charge is 0.399 e. The number of anilines is 2. The van der Waals surface area contributed by atoms with Crippen LogP contribution in [0.1, 0.15) is 15.9 Å². The average molecular weight is 466 g/mol. The monoisotopic (exact) mass is 464 g/mol. The molecule has 0 aliphatic carbocycles. The molecular weight excluding hydrogens is 438 g/mol. The van der Waals surface area contributed by atoms with Crippen molar-refractivity contribution in [2.45, 2.75) is 6.92 Å². The molecule has 3 rings (SSSR count). The summed E-state index contributed by atoms with van der Waals surface area (Å²) in [6, 6.07) is 12.0. The molecule has 0 spiro atoms. The van der Waals surface area contributed by atoms with Gasteiger partial charge in [0.15, 0.2) is 0 Å². The van der Waals surface area contributed by atoms with E-state index >= 15 is 0 Å². The fourth-order valence-corrected chi connectivity index (χ4v) is 3.19. The number of nitrogens with two attached hydrogens (primary N) is 1. The summed E-state index contributed by atoms with van der Waals surface area (Å²) < 4.78 is 13.0. The van der Waals surface area contributed by atoms with Crippen LogP contribution in [0.3, 0.4) is 0 Å². The summed E-state index contributed by atoms with van der Waals surface area (Å²) in [5.74, 6) is -0.293. The van der Waals surface area contributed by atoms with Crippen molar-refractivity contribution in [2.75, 3.05) is 49.9 Å². The van der Waals surface area contributed by atoms with Crippen LogP contribution in [0.4, 0.5) is 15.8 Å². The van der Waals surface area contributed by atoms with E-state index in [0.29, 0.717) is 17.8 Å². The third kappa shape index (κ3) is 7.55. The Bertz CT molecular complexity index is 769. The lowest BCUT2D eigenvalue weighted by Gasteiger charge is -2.36. The maximum absolute atomic E-state index is 13.0. The molecule has 2 aromatic rings. The number of piperazine rings is 1. The van der Waals surface area contributed by atoms with Gasteiger partial charge < -0.3 is 16.0 Å². The van der Waals surface area contributed by atoms with Gasteiger partial charge in [-0.25, -0.2) is 4.39 Å². The Morgan fingerprint density at radius 1 is 1.03 bits per heavy atom. The number of nitrogen functional groups attached to an aromatic ring is 1. The van der Waals surface area contributed by atoms with Crippen molar-refractivity contribution in [1.29, 1.82) is 0 Å². The van der Waals surface area contributed by atoms with Gasteiger partial charge in [-0.15, -0.1) is 37.2 Å².